The van der Waals surface area contributed by atoms with Gasteiger partial charge in [-0.05, 0) is 37.5 Å². The molecule has 1 rings (SSSR count). The summed E-state index contributed by atoms with van der Waals surface area (Å²) < 4.78 is 0. The average Bonchev–Trinajstić information content (AvgIpc) is 2.26. The molecule has 0 radical (unpaired) electrons. The highest BCUT2D eigenvalue weighted by atomic mass is 16.3. The minimum absolute atomic E-state index is 0.120. The lowest BCUT2D eigenvalue weighted by molar-refractivity contribution is -0.121. The summed E-state index contributed by atoms with van der Waals surface area (Å²) in [5, 5.41) is 11.8. The number of rotatable bonds is 5. The lowest BCUT2D eigenvalue weighted by Crippen LogP contribution is -2.38. The molecule has 4 nitrogen and oxygen atoms in total. The second-order valence-corrected chi connectivity index (χ2v) is 3.85. The van der Waals surface area contributed by atoms with Crippen LogP contribution >= 0.6 is 0 Å². The molecule has 4 heteroatoms. The van der Waals surface area contributed by atoms with Gasteiger partial charge in [0.2, 0.25) is 5.91 Å². The first kappa shape index (κ1) is 12.5. The SMILES string of the molecule is C[C@@H](N)C(=O)NCCCc1ccc(O)cc1. The van der Waals surface area contributed by atoms with E-state index < -0.39 is 6.04 Å². The van der Waals surface area contributed by atoms with E-state index in [4.69, 9.17) is 10.8 Å². The first-order valence-electron chi connectivity index (χ1n) is 5.41. The molecular formula is C12H18N2O2. The van der Waals surface area contributed by atoms with Crippen molar-refractivity contribution in [2.24, 2.45) is 5.73 Å². The van der Waals surface area contributed by atoms with Crippen molar-refractivity contribution in [3.05, 3.63) is 29.8 Å². The van der Waals surface area contributed by atoms with Crippen LogP contribution < -0.4 is 11.1 Å². The van der Waals surface area contributed by atoms with E-state index in [0.717, 1.165) is 18.4 Å². The fourth-order valence-corrected chi connectivity index (χ4v) is 1.33. The van der Waals surface area contributed by atoms with Crippen LogP contribution in [0.5, 0.6) is 5.75 Å². The number of hydrogen-bond acceptors (Lipinski definition) is 3. The predicted molar refractivity (Wildman–Crippen MR) is 63.1 cm³/mol. The van der Waals surface area contributed by atoms with Crippen LogP contribution in [0.3, 0.4) is 0 Å². The van der Waals surface area contributed by atoms with Crippen molar-refractivity contribution in [3.8, 4) is 5.75 Å². The zero-order valence-electron chi connectivity index (χ0n) is 9.44. The maximum Gasteiger partial charge on any atom is 0.236 e. The molecule has 0 heterocycles. The Morgan fingerprint density at radius 1 is 1.44 bits per heavy atom. The summed E-state index contributed by atoms with van der Waals surface area (Å²) in [6, 6.07) is 6.63. The van der Waals surface area contributed by atoms with E-state index >= 15 is 0 Å². The van der Waals surface area contributed by atoms with Crippen molar-refractivity contribution >= 4 is 5.91 Å². The molecule has 88 valence electrons. The molecule has 0 bridgehead atoms. The van der Waals surface area contributed by atoms with Crippen LogP contribution in [0.2, 0.25) is 0 Å². The van der Waals surface area contributed by atoms with E-state index in [-0.39, 0.29) is 11.7 Å². The van der Waals surface area contributed by atoms with Crippen molar-refractivity contribution < 1.29 is 9.90 Å². The zero-order valence-corrected chi connectivity index (χ0v) is 9.44. The summed E-state index contributed by atoms with van der Waals surface area (Å²) in [5.74, 6) is 0.153. The Bertz CT molecular complexity index is 333. The van der Waals surface area contributed by atoms with E-state index in [0.29, 0.717) is 6.54 Å². The third-order valence-electron chi connectivity index (χ3n) is 2.29. The number of aryl methyl sites for hydroxylation is 1. The highest BCUT2D eigenvalue weighted by Gasteiger charge is 2.04. The third kappa shape index (κ3) is 4.31. The molecule has 1 aromatic rings. The predicted octanol–water partition coefficient (Wildman–Crippen LogP) is 0.788. The molecule has 1 amide bonds. The fourth-order valence-electron chi connectivity index (χ4n) is 1.33. The smallest absolute Gasteiger partial charge is 0.236 e. The lowest BCUT2D eigenvalue weighted by Gasteiger charge is -2.07. The number of carbonyl (C=O) groups is 1. The second kappa shape index (κ2) is 6.12. The molecule has 1 atom stereocenters. The average molecular weight is 222 g/mol. The van der Waals surface area contributed by atoms with Gasteiger partial charge in [-0.25, -0.2) is 0 Å². The molecule has 16 heavy (non-hydrogen) atoms. The van der Waals surface area contributed by atoms with E-state index in [1.165, 1.54) is 0 Å². The van der Waals surface area contributed by atoms with Crippen molar-refractivity contribution in [3.63, 3.8) is 0 Å². The summed E-state index contributed by atoms with van der Waals surface area (Å²) in [7, 11) is 0. The van der Waals surface area contributed by atoms with Gasteiger partial charge in [0, 0.05) is 6.54 Å². The number of benzene rings is 1. The van der Waals surface area contributed by atoms with Crippen LogP contribution in [0.1, 0.15) is 18.9 Å². The molecule has 0 aromatic heterocycles. The van der Waals surface area contributed by atoms with Gasteiger partial charge in [0.05, 0.1) is 6.04 Å². The lowest BCUT2D eigenvalue weighted by atomic mass is 10.1. The summed E-state index contributed by atoms with van der Waals surface area (Å²) in [4.78, 5) is 11.1. The van der Waals surface area contributed by atoms with E-state index in [9.17, 15) is 4.79 Å². The van der Waals surface area contributed by atoms with Gasteiger partial charge < -0.3 is 16.2 Å². The van der Waals surface area contributed by atoms with Crippen LogP contribution in [0.25, 0.3) is 0 Å². The van der Waals surface area contributed by atoms with Crippen LogP contribution in [-0.4, -0.2) is 23.6 Å². The van der Waals surface area contributed by atoms with Crippen molar-refractivity contribution in [1.29, 1.82) is 0 Å². The van der Waals surface area contributed by atoms with Gasteiger partial charge in [-0.3, -0.25) is 4.79 Å². The standard InChI is InChI=1S/C12H18N2O2/c1-9(13)12(16)14-8-2-3-10-4-6-11(15)7-5-10/h4-7,9,15H,2-3,8,13H2,1H3,(H,14,16)/t9-/m1/s1. The normalized spacial score (nSPS) is 12.1. The van der Waals surface area contributed by atoms with E-state index in [2.05, 4.69) is 5.32 Å². The Balaban J connectivity index is 2.21. The van der Waals surface area contributed by atoms with Gasteiger partial charge in [0.1, 0.15) is 5.75 Å². The minimum atomic E-state index is -0.450. The Kier molecular flexibility index (Phi) is 4.79. The van der Waals surface area contributed by atoms with Gasteiger partial charge in [-0.15, -0.1) is 0 Å². The number of hydrogen-bond donors (Lipinski definition) is 3. The van der Waals surface area contributed by atoms with Gasteiger partial charge in [-0.1, -0.05) is 12.1 Å². The monoisotopic (exact) mass is 222 g/mol. The minimum Gasteiger partial charge on any atom is -0.508 e. The van der Waals surface area contributed by atoms with Crippen LogP contribution in [0.15, 0.2) is 24.3 Å². The molecule has 0 aliphatic rings. The summed E-state index contributed by atoms with van der Waals surface area (Å²) >= 11 is 0. The quantitative estimate of drug-likeness (QED) is 0.645. The third-order valence-corrected chi connectivity index (χ3v) is 2.29. The highest BCUT2D eigenvalue weighted by molar-refractivity contribution is 5.80. The van der Waals surface area contributed by atoms with Gasteiger partial charge in [-0.2, -0.15) is 0 Å². The number of nitrogens with two attached hydrogens (primary N) is 1. The van der Waals surface area contributed by atoms with E-state index in [1.807, 2.05) is 12.1 Å². The summed E-state index contributed by atoms with van der Waals surface area (Å²) in [6.45, 7) is 2.29. The Morgan fingerprint density at radius 3 is 2.62 bits per heavy atom. The number of phenols is 1. The molecule has 0 saturated heterocycles. The van der Waals surface area contributed by atoms with E-state index in [1.54, 1.807) is 19.1 Å². The summed E-state index contributed by atoms with van der Waals surface area (Å²) in [6.07, 6.45) is 1.74. The van der Waals surface area contributed by atoms with Gasteiger partial charge >= 0.3 is 0 Å². The maximum atomic E-state index is 11.1. The number of nitrogens with one attached hydrogen (secondary N) is 1. The molecule has 0 unspecified atom stereocenters. The number of amides is 1. The second-order valence-electron chi connectivity index (χ2n) is 3.85. The number of aromatic hydroxyl groups is 1. The highest BCUT2D eigenvalue weighted by Crippen LogP contribution is 2.10. The topological polar surface area (TPSA) is 75.4 Å². The number of phenolic OH excluding ortho intramolecular Hbond substituents is 1. The molecule has 0 aliphatic carbocycles. The maximum absolute atomic E-state index is 11.1. The molecule has 0 fully saturated rings. The van der Waals surface area contributed by atoms with Crippen molar-refractivity contribution in [2.75, 3.05) is 6.54 Å². The van der Waals surface area contributed by atoms with Crippen LogP contribution in [-0.2, 0) is 11.2 Å². The van der Waals surface area contributed by atoms with Gasteiger partial charge in [0.25, 0.3) is 0 Å². The van der Waals surface area contributed by atoms with Crippen LogP contribution in [0.4, 0.5) is 0 Å². The van der Waals surface area contributed by atoms with Crippen molar-refractivity contribution in [1.82, 2.24) is 5.32 Å². The molecule has 0 spiro atoms. The van der Waals surface area contributed by atoms with Crippen LogP contribution in [0, 0.1) is 0 Å². The summed E-state index contributed by atoms with van der Waals surface area (Å²) in [5.41, 5.74) is 6.55. The molecule has 1 aromatic carbocycles. The Morgan fingerprint density at radius 2 is 2.06 bits per heavy atom. The number of carbonyl (C=O) groups excluding carboxylic acids is 1. The Labute approximate surface area is 95.5 Å². The molecule has 4 N–H and O–H groups in total. The Hall–Kier alpha value is -1.55. The molecular weight excluding hydrogens is 204 g/mol. The molecule has 0 aliphatic heterocycles. The van der Waals surface area contributed by atoms with Gasteiger partial charge in [0.15, 0.2) is 0 Å². The molecule has 0 saturated carbocycles. The first-order chi connectivity index (χ1) is 7.59. The van der Waals surface area contributed by atoms with Crippen molar-refractivity contribution in [2.45, 2.75) is 25.8 Å². The fraction of sp³-hybridized carbons (Fsp3) is 0.417. The largest absolute Gasteiger partial charge is 0.508 e. The zero-order chi connectivity index (χ0) is 12.0. The first-order valence-corrected chi connectivity index (χ1v) is 5.41.